The molecular weight excluding hydrogens is 359 g/mol. The van der Waals surface area contributed by atoms with E-state index in [-0.39, 0.29) is 18.3 Å². The summed E-state index contributed by atoms with van der Waals surface area (Å²) in [4.78, 5) is 11.4. The van der Waals surface area contributed by atoms with Gasteiger partial charge in [0.2, 0.25) is 0 Å². The Balaban J connectivity index is 1.78. The van der Waals surface area contributed by atoms with Crippen molar-refractivity contribution in [3.05, 3.63) is 70.5 Å². The van der Waals surface area contributed by atoms with Gasteiger partial charge in [-0.1, -0.05) is 18.2 Å². The molecule has 1 aliphatic rings. The first-order chi connectivity index (χ1) is 13.6. The number of fused-ring (bicyclic) bond motifs is 1. The fraction of sp³-hybridized carbons (Fsp3) is 0.364. The number of nitrogens with one attached hydrogen (secondary N) is 1. The molecule has 1 heterocycles. The third-order valence-corrected chi connectivity index (χ3v) is 4.91. The highest BCUT2D eigenvalue weighted by Gasteiger charge is 2.41. The summed E-state index contributed by atoms with van der Waals surface area (Å²) in [7, 11) is 0. The number of benzene rings is 2. The molecule has 1 N–H and O–H groups in total. The molecular formula is C22H23FN2O3. The predicted molar refractivity (Wildman–Crippen MR) is 102 cm³/mol. The van der Waals surface area contributed by atoms with Crippen molar-refractivity contribution in [1.82, 2.24) is 5.32 Å². The van der Waals surface area contributed by atoms with Crippen molar-refractivity contribution in [2.75, 3.05) is 19.7 Å². The van der Waals surface area contributed by atoms with Crippen molar-refractivity contribution >= 4 is 5.97 Å². The van der Waals surface area contributed by atoms with Gasteiger partial charge in [0.15, 0.2) is 0 Å². The fourth-order valence-corrected chi connectivity index (χ4v) is 3.63. The van der Waals surface area contributed by atoms with Crippen LogP contribution in [0.5, 0.6) is 0 Å². The molecule has 2 aromatic carbocycles. The Morgan fingerprint density at radius 2 is 2.11 bits per heavy atom. The molecule has 3 rings (SSSR count). The molecule has 0 saturated carbocycles. The van der Waals surface area contributed by atoms with Crippen LogP contribution in [0.3, 0.4) is 0 Å². The summed E-state index contributed by atoms with van der Waals surface area (Å²) in [5.74, 6) is -0.574. The summed E-state index contributed by atoms with van der Waals surface area (Å²) in [6.07, 6.45) is 1.41. The van der Waals surface area contributed by atoms with Crippen LogP contribution in [0.25, 0.3) is 0 Å². The maximum atomic E-state index is 13.5. The van der Waals surface area contributed by atoms with Crippen molar-refractivity contribution < 1.29 is 18.7 Å². The van der Waals surface area contributed by atoms with E-state index in [9.17, 15) is 9.18 Å². The zero-order chi connectivity index (χ0) is 20.0. The second kappa shape index (κ2) is 8.96. The van der Waals surface area contributed by atoms with Crippen molar-refractivity contribution in [2.45, 2.75) is 32.0 Å². The first-order valence-corrected chi connectivity index (χ1v) is 9.39. The lowest BCUT2D eigenvalue weighted by molar-refractivity contribution is -0.142. The van der Waals surface area contributed by atoms with Crippen molar-refractivity contribution in [2.24, 2.45) is 0 Å². The smallest absolute Gasteiger partial charge is 0.319 e. The molecule has 0 amide bonds. The average molecular weight is 382 g/mol. The SMILES string of the molecule is CCOC(=O)CNCCCC1(c2ccc(F)cc2)OCc2cc(C#N)ccc21. The summed E-state index contributed by atoms with van der Waals surface area (Å²) in [5, 5.41) is 12.2. The maximum absolute atomic E-state index is 13.5. The van der Waals surface area contributed by atoms with E-state index in [1.54, 1.807) is 25.1 Å². The van der Waals surface area contributed by atoms with E-state index in [1.807, 2.05) is 12.1 Å². The Kier molecular flexibility index (Phi) is 6.40. The summed E-state index contributed by atoms with van der Waals surface area (Å²) < 4.78 is 24.6. The van der Waals surface area contributed by atoms with E-state index in [2.05, 4.69) is 11.4 Å². The van der Waals surface area contributed by atoms with Crippen LogP contribution in [-0.4, -0.2) is 25.7 Å². The van der Waals surface area contributed by atoms with Crippen LogP contribution in [0.4, 0.5) is 4.39 Å². The van der Waals surface area contributed by atoms with Gasteiger partial charge in [0.25, 0.3) is 0 Å². The second-order valence-corrected chi connectivity index (χ2v) is 6.69. The highest BCUT2D eigenvalue weighted by molar-refractivity contribution is 5.71. The zero-order valence-electron chi connectivity index (χ0n) is 15.8. The highest BCUT2D eigenvalue weighted by atomic mass is 19.1. The van der Waals surface area contributed by atoms with E-state index in [0.717, 1.165) is 23.1 Å². The molecule has 0 aromatic heterocycles. The van der Waals surface area contributed by atoms with Crippen LogP contribution in [-0.2, 0) is 26.5 Å². The summed E-state index contributed by atoms with van der Waals surface area (Å²) >= 11 is 0. The van der Waals surface area contributed by atoms with Crippen LogP contribution in [0.2, 0.25) is 0 Å². The molecule has 1 aliphatic heterocycles. The van der Waals surface area contributed by atoms with Gasteiger partial charge in [-0.15, -0.1) is 0 Å². The number of rotatable bonds is 8. The van der Waals surface area contributed by atoms with Crippen molar-refractivity contribution in [3.63, 3.8) is 0 Å². The lowest BCUT2D eigenvalue weighted by Crippen LogP contribution is -2.30. The molecule has 0 spiro atoms. The van der Waals surface area contributed by atoms with Crippen molar-refractivity contribution in [3.8, 4) is 6.07 Å². The monoisotopic (exact) mass is 382 g/mol. The Morgan fingerprint density at radius 3 is 2.82 bits per heavy atom. The van der Waals surface area contributed by atoms with E-state index < -0.39 is 5.60 Å². The molecule has 6 heteroatoms. The van der Waals surface area contributed by atoms with Crippen LogP contribution < -0.4 is 5.32 Å². The third-order valence-electron chi connectivity index (χ3n) is 4.91. The number of hydrogen-bond acceptors (Lipinski definition) is 5. The van der Waals surface area contributed by atoms with Crippen LogP contribution in [0.15, 0.2) is 42.5 Å². The number of ether oxygens (including phenoxy) is 2. The number of nitrogens with zero attached hydrogens (tertiary/aromatic N) is 1. The van der Waals surface area contributed by atoms with Gasteiger partial charge >= 0.3 is 5.97 Å². The van der Waals surface area contributed by atoms with Gasteiger partial charge in [-0.05, 0) is 67.3 Å². The lowest BCUT2D eigenvalue weighted by atomic mass is 9.81. The minimum atomic E-state index is -0.692. The van der Waals surface area contributed by atoms with Gasteiger partial charge in [0, 0.05) is 0 Å². The third kappa shape index (κ3) is 4.22. The molecule has 0 saturated heterocycles. The fourth-order valence-electron chi connectivity index (χ4n) is 3.63. The maximum Gasteiger partial charge on any atom is 0.319 e. The molecule has 0 aliphatic carbocycles. The molecule has 0 bridgehead atoms. The Labute approximate surface area is 164 Å². The van der Waals surface area contributed by atoms with Gasteiger partial charge < -0.3 is 14.8 Å². The minimum Gasteiger partial charge on any atom is -0.465 e. The standard InChI is InChI=1S/C22H23FN2O3/c1-2-27-21(26)14-25-11-3-10-22(18-5-7-19(23)8-6-18)20-9-4-16(13-24)12-17(20)15-28-22/h4-9,12,25H,2-3,10-11,14-15H2,1H3. The molecule has 1 atom stereocenters. The summed E-state index contributed by atoms with van der Waals surface area (Å²) in [5.41, 5.74) is 2.75. The molecule has 146 valence electrons. The van der Waals surface area contributed by atoms with Crippen LogP contribution >= 0.6 is 0 Å². The molecule has 28 heavy (non-hydrogen) atoms. The average Bonchev–Trinajstić information content (AvgIpc) is 3.07. The number of esters is 1. The van der Waals surface area contributed by atoms with Crippen molar-refractivity contribution in [1.29, 1.82) is 5.26 Å². The topological polar surface area (TPSA) is 71.3 Å². The van der Waals surface area contributed by atoms with Gasteiger partial charge in [0.05, 0.1) is 31.4 Å². The Hall–Kier alpha value is -2.75. The van der Waals surface area contributed by atoms with Gasteiger partial charge in [-0.25, -0.2) is 4.39 Å². The van der Waals surface area contributed by atoms with Gasteiger partial charge in [-0.3, -0.25) is 4.79 Å². The second-order valence-electron chi connectivity index (χ2n) is 6.69. The highest BCUT2D eigenvalue weighted by Crippen LogP contribution is 2.45. The minimum absolute atomic E-state index is 0.167. The number of halogens is 1. The van der Waals surface area contributed by atoms with Gasteiger partial charge in [0.1, 0.15) is 11.4 Å². The molecule has 5 nitrogen and oxygen atoms in total. The lowest BCUT2D eigenvalue weighted by Gasteiger charge is -2.30. The number of hydrogen-bond donors (Lipinski definition) is 1. The molecule has 0 radical (unpaired) electrons. The quantitative estimate of drug-likeness (QED) is 0.560. The first-order valence-electron chi connectivity index (χ1n) is 9.39. The Bertz CT molecular complexity index is 876. The number of carbonyl (C=O) groups excluding carboxylic acids is 1. The number of nitriles is 1. The van der Waals surface area contributed by atoms with Crippen LogP contribution in [0.1, 0.15) is 42.0 Å². The molecule has 0 fully saturated rings. The molecule has 2 aromatic rings. The van der Waals surface area contributed by atoms with Gasteiger partial charge in [-0.2, -0.15) is 5.26 Å². The Morgan fingerprint density at radius 1 is 1.32 bits per heavy atom. The predicted octanol–water partition coefficient (Wildman–Crippen LogP) is 3.40. The summed E-state index contributed by atoms with van der Waals surface area (Å²) in [6, 6.07) is 14.1. The largest absolute Gasteiger partial charge is 0.465 e. The normalized spacial score (nSPS) is 17.8. The summed E-state index contributed by atoms with van der Waals surface area (Å²) in [6.45, 7) is 3.33. The van der Waals surface area contributed by atoms with E-state index in [0.29, 0.717) is 31.7 Å². The van der Waals surface area contributed by atoms with E-state index >= 15 is 0 Å². The van der Waals surface area contributed by atoms with Crippen LogP contribution in [0, 0.1) is 17.1 Å². The zero-order valence-corrected chi connectivity index (χ0v) is 15.8. The first kappa shape index (κ1) is 20.0. The van der Waals surface area contributed by atoms with E-state index in [4.69, 9.17) is 14.7 Å². The van der Waals surface area contributed by atoms with E-state index in [1.165, 1.54) is 12.1 Å². The number of carbonyl (C=O) groups is 1. The molecule has 1 unspecified atom stereocenters.